The molecular formula is C23H43Li. The monoisotopic (exact) mass is 326 g/mol. The van der Waals surface area contributed by atoms with Crippen molar-refractivity contribution in [2.45, 2.75) is 122 Å². The summed E-state index contributed by atoms with van der Waals surface area (Å²) in [6.07, 6.45) is 32.7. The molecule has 1 heteroatoms. The van der Waals surface area contributed by atoms with E-state index in [0.717, 1.165) is 0 Å². The van der Waals surface area contributed by atoms with Crippen molar-refractivity contribution in [2.24, 2.45) is 0 Å². The van der Waals surface area contributed by atoms with Crippen LogP contribution in [0.3, 0.4) is 0 Å². The summed E-state index contributed by atoms with van der Waals surface area (Å²) in [7, 11) is 0. The second-order valence-electron chi connectivity index (χ2n) is 7.51. The maximum absolute atomic E-state index is 2.31. The Morgan fingerprint density at radius 1 is 0.625 bits per heavy atom. The van der Waals surface area contributed by atoms with Crippen LogP contribution in [0.25, 0.3) is 0 Å². The van der Waals surface area contributed by atoms with Gasteiger partial charge in [-0.05, 0) is 19.3 Å². The van der Waals surface area contributed by atoms with Crippen LogP contribution in [-0.2, 0) is 0 Å². The van der Waals surface area contributed by atoms with E-state index in [1.54, 1.807) is 5.57 Å². The first-order chi connectivity index (χ1) is 11.4. The fourth-order valence-corrected chi connectivity index (χ4v) is 3.58. The molecule has 0 radical (unpaired) electrons. The summed E-state index contributed by atoms with van der Waals surface area (Å²) in [6, 6.07) is 0. The molecule has 24 heavy (non-hydrogen) atoms. The third-order valence-corrected chi connectivity index (χ3v) is 5.20. The van der Waals surface area contributed by atoms with Gasteiger partial charge in [0, 0.05) is 0 Å². The molecule has 0 spiro atoms. The van der Waals surface area contributed by atoms with Gasteiger partial charge in [0.25, 0.3) is 0 Å². The fourth-order valence-electron chi connectivity index (χ4n) is 3.58. The van der Waals surface area contributed by atoms with Gasteiger partial charge in [0.05, 0.1) is 0 Å². The second-order valence-corrected chi connectivity index (χ2v) is 7.51. The summed E-state index contributed by atoms with van der Waals surface area (Å²) < 4.78 is 0. The van der Waals surface area contributed by atoms with Crippen LogP contribution in [0.1, 0.15) is 122 Å². The van der Waals surface area contributed by atoms with Crippen molar-refractivity contribution in [3.05, 3.63) is 23.8 Å². The molecule has 0 N–H and O–H groups in total. The molecule has 1 aliphatic carbocycles. The van der Waals surface area contributed by atoms with Crippen molar-refractivity contribution in [3.8, 4) is 0 Å². The van der Waals surface area contributed by atoms with Crippen LogP contribution in [-0.4, -0.2) is 18.9 Å². The Hall–Kier alpha value is 0.0774. The van der Waals surface area contributed by atoms with Gasteiger partial charge in [-0.1, -0.05) is 127 Å². The van der Waals surface area contributed by atoms with Gasteiger partial charge >= 0.3 is 18.9 Å². The topological polar surface area (TPSA) is 0 Å². The van der Waals surface area contributed by atoms with Gasteiger partial charge in [-0.3, -0.25) is 0 Å². The first-order valence-electron chi connectivity index (χ1n) is 10.8. The molecule has 0 fully saturated rings. The molecule has 136 valence electrons. The Balaban J connectivity index is 0.00000529. The Labute approximate surface area is 165 Å². The van der Waals surface area contributed by atoms with E-state index < -0.39 is 0 Å². The van der Waals surface area contributed by atoms with E-state index in [9.17, 15) is 0 Å². The molecule has 0 aliphatic heterocycles. The summed E-state index contributed by atoms with van der Waals surface area (Å²) >= 11 is 0. The number of allylic oxidation sites excluding steroid dienone is 4. The van der Waals surface area contributed by atoms with Gasteiger partial charge in [0.1, 0.15) is 0 Å². The summed E-state index contributed by atoms with van der Waals surface area (Å²) in [5.41, 5.74) is 1.65. The van der Waals surface area contributed by atoms with Gasteiger partial charge in [-0.25, -0.2) is 0 Å². The molecule has 0 aromatic carbocycles. The van der Waals surface area contributed by atoms with Crippen LogP contribution >= 0.6 is 0 Å². The zero-order valence-electron chi connectivity index (χ0n) is 16.0. The van der Waals surface area contributed by atoms with Crippen LogP contribution in [0, 0.1) is 0 Å². The molecule has 0 saturated carbocycles. The van der Waals surface area contributed by atoms with Crippen LogP contribution < -0.4 is 0 Å². The van der Waals surface area contributed by atoms with Gasteiger partial charge in [0.2, 0.25) is 0 Å². The first kappa shape index (κ1) is 24.1. The normalized spacial score (nSPS) is 13.1. The number of hydrogen-bond acceptors (Lipinski definition) is 0. The Morgan fingerprint density at radius 2 is 1.04 bits per heavy atom. The Bertz CT molecular complexity index is 303. The minimum absolute atomic E-state index is 0. The molecule has 0 amide bonds. The van der Waals surface area contributed by atoms with Crippen molar-refractivity contribution in [2.75, 3.05) is 0 Å². The van der Waals surface area contributed by atoms with E-state index >= 15 is 0 Å². The number of rotatable bonds is 17. The van der Waals surface area contributed by atoms with Crippen LogP contribution in [0.2, 0.25) is 0 Å². The Kier molecular flexibility index (Phi) is 19.5. The third-order valence-electron chi connectivity index (χ3n) is 5.20. The van der Waals surface area contributed by atoms with E-state index in [0.29, 0.717) is 0 Å². The van der Waals surface area contributed by atoms with Gasteiger partial charge in [0.15, 0.2) is 0 Å². The van der Waals surface area contributed by atoms with Gasteiger partial charge < -0.3 is 0 Å². The van der Waals surface area contributed by atoms with Crippen LogP contribution in [0.4, 0.5) is 0 Å². The summed E-state index contributed by atoms with van der Waals surface area (Å²) in [4.78, 5) is 0. The molecule has 0 heterocycles. The molecule has 0 saturated heterocycles. The van der Waals surface area contributed by atoms with Gasteiger partial charge in [-0.15, -0.1) is 0 Å². The van der Waals surface area contributed by atoms with E-state index in [1.807, 2.05) is 0 Å². The SMILES string of the molecule is CCCCCCCCCCCCCCCCCCC1=CC=CC1.[LiH]. The average molecular weight is 327 g/mol. The van der Waals surface area contributed by atoms with E-state index in [1.165, 1.54) is 116 Å². The molecule has 1 rings (SSSR count). The van der Waals surface area contributed by atoms with E-state index in [2.05, 4.69) is 25.2 Å². The Morgan fingerprint density at radius 3 is 1.42 bits per heavy atom. The van der Waals surface area contributed by atoms with Crippen LogP contribution in [0.15, 0.2) is 23.8 Å². The third kappa shape index (κ3) is 15.6. The van der Waals surface area contributed by atoms with Crippen molar-refractivity contribution >= 4 is 18.9 Å². The zero-order valence-corrected chi connectivity index (χ0v) is 16.0. The quantitative estimate of drug-likeness (QED) is 0.188. The fraction of sp³-hybridized carbons (Fsp3) is 0.826. The number of unbranched alkanes of at least 4 members (excludes halogenated alkanes) is 15. The molecule has 0 aromatic heterocycles. The van der Waals surface area contributed by atoms with Crippen LogP contribution in [0.5, 0.6) is 0 Å². The standard InChI is InChI=1S/C23H42.Li.H/c1-2-3-4-5-6-7-8-9-10-11-12-13-14-15-16-17-20-23-21-18-19-22-23;;/h18-19,21H,2-17,20,22H2,1H3;;. The summed E-state index contributed by atoms with van der Waals surface area (Å²) in [5, 5.41) is 0. The predicted molar refractivity (Wildman–Crippen MR) is 113 cm³/mol. The first-order valence-corrected chi connectivity index (χ1v) is 10.8. The average Bonchev–Trinajstić information content (AvgIpc) is 3.08. The van der Waals surface area contributed by atoms with E-state index in [4.69, 9.17) is 0 Å². The predicted octanol–water partition coefficient (Wildman–Crippen LogP) is 7.88. The van der Waals surface area contributed by atoms with Gasteiger partial charge in [-0.2, -0.15) is 0 Å². The van der Waals surface area contributed by atoms with Crippen molar-refractivity contribution in [3.63, 3.8) is 0 Å². The number of hydrogen-bond donors (Lipinski definition) is 0. The van der Waals surface area contributed by atoms with Crippen molar-refractivity contribution in [1.82, 2.24) is 0 Å². The van der Waals surface area contributed by atoms with Crippen molar-refractivity contribution < 1.29 is 0 Å². The molecule has 1 aliphatic rings. The summed E-state index contributed by atoms with van der Waals surface area (Å²) in [5.74, 6) is 0. The maximum atomic E-state index is 2.31. The molecular weight excluding hydrogens is 283 g/mol. The molecule has 0 bridgehead atoms. The zero-order chi connectivity index (χ0) is 16.4. The second kappa shape index (κ2) is 19.4. The van der Waals surface area contributed by atoms with E-state index in [-0.39, 0.29) is 18.9 Å². The molecule has 0 atom stereocenters. The molecule has 0 aromatic rings. The minimum atomic E-state index is 0. The summed E-state index contributed by atoms with van der Waals surface area (Å²) in [6.45, 7) is 2.30. The molecule has 0 nitrogen and oxygen atoms in total. The van der Waals surface area contributed by atoms with Crippen molar-refractivity contribution in [1.29, 1.82) is 0 Å². The molecule has 0 unspecified atom stereocenters.